The van der Waals surface area contributed by atoms with Crippen LogP contribution in [0.15, 0.2) is 47.1 Å². The Kier molecular flexibility index (Phi) is 7.57. The van der Waals surface area contributed by atoms with Gasteiger partial charge in [-0.2, -0.15) is 0 Å². The molecule has 0 bridgehead atoms. The third kappa shape index (κ3) is 5.88. The summed E-state index contributed by atoms with van der Waals surface area (Å²) in [5, 5.41) is 0. The summed E-state index contributed by atoms with van der Waals surface area (Å²) in [4.78, 5) is 0. The molecule has 0 atom stereocenters. The van der Waals surface area contributed by atoms with Crippen molar-refractivity contribution in [3.05, 3.63) is 47.1 Å². The van der Waals surface area contributed by atoms with Crippen molar-refractivity contribution >= 4 is 34.2 Å². The summed E-state index contributed by atoms with van der Waals surface area (Å²) in [5.41, 5.74) is 8.29. The van der Waals surface area contributed by atoms with Gasteiger partial charge in [0.25, 0.3) is 0 Å². The summed E-state index contributed by atoms with van der Waals surface area (Å²) in [5.74, 6) is 0. The molecule has 4 nitrogen and oxygen atoms in total. The van der Waals surface area contributed by atoms with Crippen LogP contribution in [0.4, 0.5) is 0 Å². The maximum atomic E-state index is 6.61. The van der Waals surface area contributed by atoms with Crippen LogP contribution in [0, 0.1) is 0 Å². The van der Waals surface area contributed by atoms with E-state index in [-0.39, 0.29) is 0 Å². The van der Waals surface area contributed by atoms with Gasteiger partial charge in [0.2, 0.25) is 0 Å². The molecular weight excluding hydrogens is 369 g/mol. The maximum absolute atomic E-state index is 6.61. The Hall–Kier alpha value is -0.332. The summed E-state index contributed by atoms with van der Waals surface area (Å²) in [6.07, 6.45) is 8.02. The largest absolute Gasteiger partial charge is 0.410 e. The third-order valence-corrected chi connectivity index (χ3v) is 20.2. The summed E-state index contributed by atoms with van der Waals surface area (Å²) >= 11 is 0. The second kappa shape index (κ2) is 8.37. The summed E-state index contributed by atoms with van der Waals surface area (Å²) in [6, 6.07) is 0. The van der Waals surface area contributed by atoms with E-state index < -0.39 is 34.2 Å². The second-order valence-corrected chi connectivity index (χ2v) is 19.2. The zero-order valence-electron chi connectivity index (χ0n) is 16.3. The molecule has 0 amide bonds. The van der Waals surface area contributed by atoms with E-state index in [2.05, 4.69) is 49.0 Å². The topological polar surface area (TPSA) is 36.9 Å². The molecule has 1 saturated heterocycles. The van der Waals surface area contributed by atoms with E-state index in [0.717, 1.165) is 0 Å². The zero-order valence-corrected chi connectivity index (χ0v) is 20.3. The molecule has 0 aromatic rings. The van der Waals surface area contributed by atoms with Crippen molar-refractivity contribution in [1.29, 1.82) is 0 Å². The lowest BCUT2D eigenvalue weighted by atomic mass is 10.8. The van der Waals surface area contributed by atoms with Crippen molar-refractivity contribution in [2.75, 3.05) is 0 Å². The first-order valence-electron chi connectivity index (χ1n) is 8.43. The molecule has 1 heterocycles. The Bertz CT molecular complexity index is 438. The van der Waals surface area contributed by atoms with Crippen molar-refractivity contribution in [1.82, 2.24) is 0 Å². The van der Waals surface area contributed by atoms with Gasteiger partial charge in [0.05, 0.1) is 0 Å². The normalized spacial score (nSPS) is 42.3. The van der Waals surface area contributed by atoms with Gasteiger partial charge in [-0.3, -0.25) is 0 Å². The Morgan fingerprint density at radius 2 is 0.583 bits per heavy atom. The molecule has 0 radical (unpaired) electrons. The Labute approximate surface area is 151 Å². The highest BCUT2D eigenvalue weighted by Gasteiger charge is 2.54. The monoisotopic (exact) mass is 400 g/mol. The first kappa shape index (κ1) is 21.7. The van der Waals surface area contributed by atoms with Crippen LogP contribution in [0.3, 0.4) is 0 Å². The van der Waals surface area contributed by atoms with Crippen LogP contribution in [-0.2, 0) is 16.5 Å². The highest BCUT2D eigenvalue weighted by atomic mass is 28.5. The Morgan fingerprint density at radius 3 is 0.708 bits per heavy atom. The molecule has 0 aromatic heterocycles. The highest BCUT2D eigenvalue weighted by Crippen LogP contribution is 2.33. The Balaban J connectivity index is 3.45. The van der Waals surface area contributed by atoms with Gasteiger partial charge in [-0.15, -0.1) is 0 Å². The number of hydrogen-bond acceptors (Lipinski definition) is 4. The minimum Gasteiger partial charge on any atom is -0.410 e. The van der Waals surface area contributed by atoms with Gasteiger partial charge < -0.3 is 16.5 Å². The van der Waals surface area contributed by atoms with Gasteiger partial charge in [-0.25, -0.2) is 0 Å². The first-order chi connectivity index (χ1) is 11.1. The van der Waals surface area contributed by atoms with E-state index in [1.165, 1.54) is 0 Å². The summed E-state index contributed by atoms with van der Waals surface area (Å²) in [7, 11) is -10.2. The molecular formula is C16H32O4Si4. The zero-order chi connectivity index (χ0) is 18.5. The predicted molar refractivity (Wildman–Crippen MR) is 110 cm³/mol. The quantitative estimate of drug-likeness (QED) is 0.634. The number of hydrogen-bond donors (Lipinski definition) is 0. The van der Waals surface area contributed by atoms with Crippen molar-refractivity contribution in [2.45, 2.75) is 53.9 Å². The van der Waals surface area contributed by atoms with Crippen molar-refractivity contribution in [2.24, 2.45) is 0 Å². The van der Waals surface area contributed by atoms with Gasteiger partial charge >= 0.3 is 34.2 Å². The van der Waals surface area contributed by atoms with E-state index in [1.54, 1.807) is 0 Å². The number of rotatable bonds is 4. The molecule has 0 saturated carbocycles. The fourth-order valence-electron chi connectivity index (χ4n) is 3.18. The predicted octanol–water partition coefficient (Wildman–Crippen LogP) is 4.82. The standard InChI is InChI=1S/C16H32O4Si4/c1-9-13-21(5)17-22(6,14-10-2)19-24(8,16-12-4)20-23(7,18-21)15-11-3/h9-16H,1-8H3/b13-9+,14-10+,15-11+,16-12+. The molecule has 136 valence electrons. The molecule has 0 aliphatic carbocycles. The molecule has 8 heteroatoms. The Morgan fingerprint density at radius 1 is 0.417 bits per heavy atom. The molecule has 1 aliphatic rings. The van der Waals surface area contributed by atoms with Crippen LogP contribution in [-0.4, -0.2) is 34.2 Å². The fraction of sp³-hybridized carbons (Fsp3) is 0.500. The van der Waals surface area contributed by atoms with Gasteiger partial charge in [-0.05, 0) is 76.7 Å². The van der Waals surface area contributed by atoms with Crippen LogP contribution < -0.4 is 0 Å². The molecule has 0 aromatic carbocycles. The van der Waals surface area contributed by atoms with Crippen LogP contribution in [0.5, 0.6) is 0 Å². The molecule has 1 fully saturated rings. The molecule has 0 spiro atoms. The number of allylic oxidation sites excluding steroid dienone is 4. The summed E-state index contributed by atoms with van der Waals surface area (Å²) < 4.78 is 26.4. The van der Waals surface area contributed by atoms with E-state index in [0.29, 0.717) is 0 Å². The van der Waals surface area contributed by atoms with E-state index in [1.807, 2.05) is 52.0 Å². The molecule has 1 aliphatic heterocycles. The molecule has 1 rings (SSSR count). The van der Waals surface area contributed by atoms with Gasteiger partial charge in [0.15, 0.2) is 0 Å². The molecule has 0 unspecified atom stereocenters. The third-order valence-electron chi connectivity index (χ3n) is 3.50. The SMILES string of the molecule is C/C=C/[Si]1(C)O[Si](C)(/C=C/C)O[Si](C)(/C=C/C)O[Si](C)(/C=C/C)O1. The highest BCUT2D eigenvalue weighted by molar-refractivity contribution is 6.98. The van der Waals surface area contributed by atoms with Crippen LogP contribution in [0.2, 0.25) is 26.2 Å². The van der Waals surface area contributed by atoms with E-state index >= 15 is 0 Å². The molecule has 0 N–H and O–H groups in total. The minimum atomic E-state index is -2.56. The summed E-state index contributed by atoms with van der Waals surface area (Å²) in [6.45, 7) is 16.3. The van der Waals surface area contributed by atoms with Crippen LogP contribution in [0.1, 0.15) is 27.7 Å². The van der Waals surface area contributed by atoms with E-state index in [4.69, 9.17) is 16.5 Å². The van der Waals surface area contributed by atoms with Gasteiger partial charge in [-0.1, -0.05) is 24.3 Å². The van der Waals surface area contributed by atoms with Gasteiger partial charge in [0, 0.05) is 0 Å². The lowest BCUT2D eigenvalue weighted by Crippen LogP contribution is -2.66. The van der Waals surface area contributed by atoms with Crippen molar-refractivity contribution < 1.29 is 16.5 Å². The van der Waals surface area contributed by atoms with Gasteiger partial charge in [0.1, 0.15) is 0 Å². The smallest absolute Gasteiger partial charge is 0.344 e. The van der Waals surface area contributed by atoms with E-state index in [9.17, 15) is 0 Å². The van der Waals surface area contributed by atoms with Crippen molar-refractivity contribution in [3.8, 4) is 0 Å². The van der Waals surface area contributed by atoms with Crippen LogP contribution in [0.25, 0.3) is 0 Å². The average molecular weight is 401 g/mol. The maximum Gasteiger partial charge on any atom is 0.344 e. The first-order valence-corrected chi connectivity index (χ1v) is 18.0. The fourth-order valence-corrected chi connectivity index (χ4v) is 22.8. The lowest BCUT2D eigenvalue weighted by molar-refractivity contribution is 0.250. The minimum absolute atomic E-state index is 1.99. The molecule has 24 heavy (non-hydrogen) atoms. The van der Waals surface area contributed by atoms with Crippen molar-refractivity contribution in [3.63, 3.8) is 0 Å². The second-order valence-electron chi connectivity index (χ2n) is 6.47. The van der Waals surface area contributed by atoms with Crippen LogP contribution >= 0.6 is 0 Å². The average Bonchev–Trinajstić information content (AvgIpc) is 2.35. The lowest BCUT2D eigenvalue weighted by Gasteiger charge is -2.47.